The monoisotopic (exact) mass is 154 g/mol. The van der Waals surface area contributed by atoms with Crippen LogP contribution in [0.15, 0.2) is 12.2 Å². The van der Waals surface area contributed by atoms with Crippen LogP contribution in [-0.2, 0) is 9.53 Å². The molecular weight excluding hydrogens is 140 g/mol. The third kappa shape index (κ3) is 2.74. The Morgan fingerprint density at radius 3 is 3.09 bits per heavy atom. The largest absolute Gasteiger partial charge is 0.469 e. The Hall–Kier alpha value is -0.790. The summed E-state index contributed by atoms with van der Waals surface area (Å²) in [4.78, 5) is 10.7. The Kier molecular flexibility index (Phi) is 3.14. The van der Waals surface area contributed by atoms with Crippen molar-refractivity contribution in [3.05, 3.63) is 12.2 Å². The molecule has 0 unspecified atom stereocenters. The molecule has 0 amide bonds. The average Bonchev–Trinajstić information content (AvgIpc) is 2.52. The van der Waals surface area contributed by atoms with Crippen molar-refractivity contribution < 1.29 is 9.53 Å². The molecule has 0 heterocycles. The molecule has 2 heteroatoms. The highest BCUT2D eigenvalue weighted by atomic mass is 16.5. The van der Waals surface area contributed by atoms with E-state index in [1.807, 2.05) is 0 Å². The van der Waals surface area contributed by atoms with E-state index in [-0.39, 0.29) is 5.97 Å². The summed E-state index contributed by atoms with van der Waals surface area (Å²) < 4.78 is 4.55. The van der Waals surface area contributed by atoms with Crippen LogP contribution in [0.5, 0.6) is 0 Å². The Balaban J connectivity index is 2.11. The van der Waals surface area contributed by atoms with E-state index in [1.165, 1.54) is 20.0 Å². The quantitative estimate of drug-likeness (QED) is 0.458. The summed E-state index contributed by atoms with van der Waals surface area (Å²) in [6, 6.07) is 0. The molecule has 2 nitrogen and oxygen atoms in total. The van der Waals surface area contributed by atoms with E-state index in [0.717, 1.165) is 6.42 Å². The third-order valence-electron chi connectivity index (χ3n) is 2.06. The molecule has 0 N–H and O–H groups in total. The molecule has 0 saturated heterocycles. The summed E-state index contributed by atoms with van der Waals surface area (Å²) in [7, 11) is 1.44. The Labute approximate surface area is 67.2 Å². The highest BCUT2D eigenvalue weighted by Crippen LogP contribution is 2.21. The molecule has 0 aromatic heterocycles. The lowest BCUT2D eigenvalue weighted by Gasteiger charge is -2.04. The van der Waals surface area contributed by atoms with Gasteiger partial charge in [-0.15, -0.1) is 0 Å². The number of methoxy groups -OCH3 is 1. The first-order valence-electron chi connectivity index (χ1n) is 4.06. The summed E-state index contributed by atoms with van der Waals surface area (Å²) in [5.74, 6) is 0.527. The zero-order valence-electron chi connectivity index (χ0n) is 6.88. The molecule has 0 radical (unpaired) electrons. The first-order valence-corrected chi connectivity index (χ1v) is 4.06. The lowest BCUT2D eigenvalue weighted by Crippen LogP contribution is -2.02. The van der Waals surface area contributed by atoms with Crippen molar-refractivity contribution >= 4 is 5.97 Å². The van der Waals surface area contributed by atoms with Crippen LogP contribution < -0.4 is 0 Å². The maximum Gasteiger partial charge on any atom is 0.305 e. The van der Waals surface area contributed by atoms with Gasteiger partial charge in [0, 0.05) is 6.42 Å². The first-order chi connectivity index (χ1) is 5.33. The zero-order valence-corrected chi connectivity index (χ0v) is 6.88. The molecule has 0 bridgehead atoms. The van der Waals surface area contributed by atoms with Crippen LogP contribution in [0.2, 0.25) is 0 Å². The van der Waals surface area contributed by atoms with Crippen molar-refractivity contribution in [3.63, 3.8) is 0 Å². The Bertz CT molecular complexity index is 161. The normalized spacial score (nSPS) is 22.1. The maximum atomic E-state index is 10.7. The lowest BCUT2D eigenvalue weighted by molar-refractivity contribution is -0.140. The molecular formula is C9H14O2. The van der Waals surface area contributed by atoms with Crippen molar-refractivity contribution in [3.8, 4) is 0 Å². The molecule has 0 aromatic carbocycles. The smallest absolute Gasteiger partial charge is 0.305 e. The minimum atomic E-state index is -0.0923. The van der Waals surface area contributed by atoms with Crippen molar-refractivity contribution in [1.82, 2.24) is 0 Å². The summed E-state index contributed by atoms with van der Waals surface area (Å²) in [6.07, 6.45) is 8.27. The predicted molar refractivity (Wildman–Crippen MR) is 43.1 cm³/mol. The topological polar surface area (TPSA) is 26.3 Å². The van der Waals surface area contributed by atoms with Crippen LogP contribution in [0.25, 0.3) is 0 Å². The number of allylic oxidation sites excluding steroid dienone is 2. The molecule has 1 atom stereocenters. The van der Waals surface area contributed by atoms with Crippen molar-refractivity contribution in [2.75, 3.05) is 7.11 Å². The van der Waals surface area contributed by atoms with Crippen LogP contribution in [-0.4, -0.2) is 13.1 Å². The summed E-state index contributed by atoms with van der Waals surface area (Å²) >= 11 is 0. The van der Waals surface area contributed by atoms with Gasteiger partial charge in [0.25, 0.3) is 0 Å². The molecule has 0 saturated carbocycles. The number of carbonyl (C=O) groups is 1. The number of rotatable bonds is 3. The number of hydrogen-bond donors (Lipinski definition) is 0. The van der Waals surface area contributed by atoms with E-state index in [4.69, 9.17) is 0 Å². The fourth-order valence-corrected chi connectivity index (χ4v) is 1.34. The van der Waals surface area contributed by atoms with E-state index >= 15 is 0 Å². The highest BCUT2D eigenvalue weighted by Gasteiger charge is 2.10. The van der Waals surface area contributed by atoms with E-state index in [1.54, 1.807) is 0 Å². The van der Waals surface area contributed by atoms with Crippen molar-refractivity contribution in [2.45, 2.75) is 25.7 Å². The van der Waals surface area contributed by atoms with Crippen molar-refractivity contribution in [2.24, 2.45) is 5.92 Å². The number of hydrogen-bond acceptors (Lipinski definition) is 2. The van der Waals surface area contributed by atoms with Crippen LogP contribution in [0.3, 0.4) is 0 Å². The van der Waals surface area contributed by atoms with Gasteiger partial charge in [-0.1, -0.05) is 12.2 Å². The third-order valence-corrected chi connectivity index (χ3v) is 2.06. The van der Waals surface area contributed by atoms with E-state index < -0.39 is 0 Å². The number of carbonyl (C=O) groups excluding carboxylic acids is 1. The van der Waals surface area contributed by atoms with Crippen LogP contribution in [0.4, 0.5) is 0 Å². The van der Waals surface area contributed by atoms with E-state index in [0.29, 0.717) is 12.3 Å². The van der Waals surface area contributed by atoms with Gasteiger partial charge < -0.3 is 4.74 Å². The molecule has 1 rings (SSSR count). The molecule has 1 aliphatic carbocycles. The second-order valence-corrected chi connectivity index (χ2v) is 2.88. The molecule has 0 aliphatic heterocycles. The van der Waals surface area contributed by atoms with Gasteiger partial charge >= 0.3 is 5.97 Å². The second-order valence-electron chi connectivity index (χ2n) is 2.88. The predicted octanol–water partition coefficient (Wildman–Crippen LogP) is 1.91. The maximum absolute atomic E-state index is 10.7. The van der Waals surface area contributed by atoms with Crippen molar-refractivity contribution in [1.29, 1.82) is 0 Å². The number of ether oxygens (including phenoxy) is 1. The van der Waals surface area contributed by atoms with Gasteiger partial charge in [0.2, 0.25) is 0 Å². The highest BCUT2D eigenvalue weighted by molar-refractivity contribution is 5.69. The summed E-state index contributed by atoms with van der Waals surface area (Å²) in [5.41, 5.74) is 0. The Morgan fingerprint density at radius 1 is 1.73 bits per heavy atom. The van der Waals surface area contributed by atoms with Gasteiger partial charge in [-0.3, -0.25) is 4.79 Å². The van der Waals surface area contributed by atoms with Gasteiger partial charge in [-0.25, -0.2) is 0 Å². The fraction of sp³-hybridized carbons (Fsp3) is 0.667. The van der Waals surface area contributed by atoms with Crippen LogP contribution in [0.1, 0.15) is 25.7 Å². The van der Waals surface area contributed by atoms with Gasteiger partial charge in [-0.2, -0.15) is 0 Å². The molecule has 11 heavy (non-hydrogen) atoms. The van der Waals surface area contributed by atoms with Gasteiger partial charge in [0.15, 0.2) is 0 Å². The second kappa shape index (κ2) is 4.16. The zero-order chi connectivity index (χ0) is 8.10. The molecule has 0 spiro atoms. The molecule has 0 aromatic rings. The summed E-state index contributed by atoms with van der Waals surface area (Å²) in [5, 5.41) is 0. The molecule has 1 aliphatic rings. The molecule has 0 fully saturated rings. The molecule has 62 valence electrons. The first kappa shape index (κ1) is 8.31. The minimum Gasteiger partial charge on any atom is -0.469 e. The van der Waals surface area contributed by atoms with E-state index in [2.05, 4.69) is 16.9 Å². The van der Waals surface area contributed by atoms with Crippen LogP contribution in [0, 0.1) is 5.92 Å². The SMILES string of the molecule is COC(=O)CC[C@H]1C=CCC1. The standard InChI is InChI=1S/C9H14O2/c1-11-9(10)7-6-8-4-2-3-5-8/h2,4,8H,3,5-7H2,1H3/t8-/m0/s1. The van der Waals surface area contributed by atoms with Gasteiger partial charge in [0.05, 0.1) is 7.11 Å². The van der Waals surface area contributed by atoms with E-state index in [9.17, 15) is 4.79 Å². The number of esters is 1. The average molecular weight is 154 g/mol. The van der Waals surface area contributed by atoms with Gasteiger partial charge in [0.1, 0.15) is 0 Å². The minimum absolute atomic E-state index is 0.0923. The summed E-state index contributed by atoms with van der Waals surface area (Å²) in [6.45, 7) is 0. The van der Waals surface area contributed by atoms with Gasteiger partial charge in [-0.05, 0) is 25.2 Å². The lowest BCUT2D eigenvalue weighted by atomic mass is 10.0. The van der Waals surface area contributed by atoms with Crippen LogP contribution >= 0.6 is 0 Å². The Morgan fingerprint density at radius 2 is 2.55 bits per heavy atom. The fourth-order valence-electron chi connectivity index (χ4n) is 1.34.